The number of nitrogens with zero attached hydrogens (tertiary/aromatic N) is 3. The largest absolute Gasteiger partial charge is 0.495 e. The molecule has 1 heterocycles. The molecule has 1 aromatic heterocycles. The number of likely N-dealkylation sites (N-methyl/N-ethyl adjacent to an activating group) is 1. The summed E-state index contributed by atoms with van der Waals surface area (Å²) in [5.74, 6) is 0.640. The minimum absolute atomic E-state index is 0. The van der Waals surface area contributed by atoms with E-state index in [0.717, 1.165) is 10.3 Å². The Kier molecular flexibility index (Phi) is 9.69. The van der Waals surface area contributed by atoms with E-state index >= 15 is 0 Å². The number of hydrogen-bond acceptors (Lipinski definition) is 8. The third kappa shape index (κ3) is 6.38. The molecular weight excluding hydrogens is 498 g/mol. The molecule has 8 nitrogen and oxygen atoms in total. The van der Waals surface area contributed by atoms with Crippen LogP contribution in [-0.4, -0.2) is 71.4 Å². The summed E-state index contributed by atoms with van der Waals surface area (Å²) >= 11 is 1.32. The highest BCUT2D eigenvalue weighted by Crippen LogP contribution is 2.40. The number of carbonyl (C=O) groups is 1. The van der Waals surface area contributed by atoms with Gasteiger partial charge in [0.15, 0.2) is 15.0 Å². The van der Waals surface area contributed by atoms with E-state index < -0.39 is 9.84 Å². The number of thiazole rings is 1. The molecule has 0 atom stereocenters. The van der Waals surface area contributed by atoms with Crippen LogP contribution in [0.15, 0.2) is 41.3 Å². The summed E-state index contributed by atoms with van der Waals surface area (Å²) in [6, 6.07) is 10.2. The fourth-order valence-corrected chi connectivity index (χ4v) is 5.58. The highest BCUT2D eigenvalue weighted by atomic mass is 35.5. The molecule has 11 heteroatoms. The van der Waals surface area contributed by atoms with Crippen LogP contribution in [0, 0.1) is 6.92 Å². The number of amides is 1. The summed E-state index contributed by atoms with van der Waals surface area (Å²) in [4.78, 5) is 21.6. The lowest BCUT2D eigenvalue weighted by Crippen LogP contribution is -2.37. The third-order valence-corrected chi connectivity index (χ3v) is 7.99. The summed E-state index contributed by atoms with van der Waals surface area (Å²) in [5.41, 5.74) is 1.58. The lowest BCUT2D eigenvalue weighted by Gasteiger charge is -2.22. The standard InChI is InChI=1S/C23H29N3O5S2.ClH/c1-16-6-8-17(9-7-16)33(28,29)15-12-20(27)26(14-13-25(2)3)23-24-21-18(30-4)10-11-19(31-5)22(21)32-23;/h6-11H,12-15H2,1-5H3;1H. The van der Waals surface area contributed by atoms with Crippen LogP contribution in [-0.2, 0) is 14.6 Å². The quantitative estimate of drug-likeness (QED) is 0.396. The topological polar surface area (TPSA) is 89.0 Å². The van der Waals surface area contributed by atoms with Crippen molar-refractivity contribution in [3.05, 3.63) is 42.0 Å². The van der Waals surface area contributed by atoms with Gasteiger partial charge in [0.1, 0.15) is 21.7 Å². The van der Waals surface area contributed by atoms with Crippen LogP contribution < -0.4 is 14.4 Å². The first-order valence-electron chi connectivity index (χ1n) is 10.4. The fourth-order valence-electron chi connectivity index (χ4n) is 3.24. The number of rotatable bonds is 10. The van der Waals surface area contributed by atoms with Gasteiger partial charge in [0.05, 0.1) is 24.9 Å². The molecule has 0 aliphatic carbocycles. The van der Waals surface area contributed by atoms with Crippen LogP contribution in [0.5, 0.6) is 11.5 Å². The van der Waals surface area contributed by atoms with Gasteiger partial charge in [-0.05, 0) is 45.3 Å². The normalized spacial score (nSPS) is 11.4. The van der Waals surface area contributed by atoms with Crippen molar-refractivity contribution in [2.45, 2.75) is 18.2 Å². The molecule has 0 radical (unpaired) electrons. The van der Waals surface area contributed by atoms with Gasteiger partial charge in [-0.15, -0.1) is 12.4 Å². The number of ether oxygens (including phenoxy) is 2. The minimum atomic E-state index is -3.58. The molecular formula is C23H30ClN3O5S2. The zero-order valence-corrected chi connectivity index (χ0v) is 22.3. The first-order valence-corrected chi connectivity index (χ1v) is 12.9. The molecule has 0 saturated carbocycles. The summed E-state index contributed by atoms with van der Waals surface area (Å²) < 4.78 is 37.2. The number of methoxy groups -OCH3 is 2. The molecule has 0 fully saturated rings. The lowest BCUT2D eigenvalue weighted by atomic mass is 10.2. The van der Waals surface area contributed by atoms with Crippen molar-refractivity contribution in [2.24, 2.45) is 0 Å². The Hall–Kier alpha value is -2.40. The van der Waals surface area contributed by atoms with Crippen LogP contribution in [0.25, 0.3) is 10.2 Å². The van der Waals surface area contributed by atoms with Gasteiger partial charge < -0.3 is 14.4 Å². The van der Waals surface area contributed by atoms with Crippen molar-refractivity contribution in [2.75, 3.05) is 52.1 Å². The number of halogens is 1. The zero-order chi connectivity index (χ0) is 24.2. The SMILES string of the molecule is COc1ccc(OC)c2sc(N(CCN(C)C)C(=O)CCS(=O)(=O)c3ccc(C)cc3)nc12.Cl. The van der Waals surface area contributed by atoms with Gasteiger partial charge in [-0.3, -0.25) is 9.69 Å². The van der Waals surface area contributed by atoms with Crippen LogP contribution in [0.3, 0.4) is 0 Å². The van der Waals surface area contributed by atoms with Crippen LogP contribution in [0.4, 0.5) is 5.13 Å². The zero-order valence-electron chi connectivity index (χ0n) is 19.9. The third-order valence-electron chi connectivity index (χ3n) is 5.17. The molecule has 0 unspecified atom stereocenters. The maximum atomic E-state index is 13.2. The highest BCUT2D eigenvalue weighted by molar-refractivity contribution is 7.91. The first kappa shape index (κ1) is 27.8. The number of sulfone groups is 1. The van der Waals surface area contributed by atoms with E-state index in [1.807, 2.05) is 25.9 Å². The second-order valence-electron chi connectivity index (χ2n) is 7.87. The van der Waals surface area contributed by atoms with Gasteiger partial charge in [0.2, 0.25) is 5.91 Å². The Morgan fingerprint density at radius 3 is 2.21 bits per heavy atom. The van der Waals surface area contributed by atoms with Gasteiger partial charge in [-0.1, -0.05) is 29.0 Å². The first-order chi connectivity index (χ1) is 15.7. The summed E-state index contributed by atoms with van der Waals surface area (Å²) in [5, 5.41) is 0.479. The van der Waals surface area contributed by atoms with E-state index in [-0.39, 0.29) is 35.4 Å². The number of aryl methyl sites for hydroxylation is 1. The Morgan fingerprint density at radius 2 is 1.62 bits per heavy atom. The molecule has 0 bridgehead atoms. The molecule has 0 aliphatic heterocycles. The number of carbonyl (C=O) groups excluding carboxylic acids is 1. The van der Waals surface area contributed by atoms with E-state index in [0.29, 0.717) is 35.2 Å². The van der Waals surface area contributed by atoms with Gasteiger partial charge in [0, 0.05) is 19.5 Å². The molecule has 3 aromatic rings. The summed E-state index contributed by atoms with van der Waals surface area (Å²) in [6.07, 6.45) is -0.145. The highest BCUT2D eigenvalue weighted by Gasteiger charge is 2.25. The lowest BCUT2D eigenvalue weighted by molar-refractivity contribution is -0.118. The van der Waals surface area contributed by atoms with Gasteiger partial charge in [-0.2, -0.15) is 0 Å². The average molecular weight is 528 g/mol. The van der Waals surface area contributed by atoms with E-state index in [4.69, 9.17) is 9.47 Å². The fraction of sp³-hybridized carbons (Fsp3) is 0.391. The Bertz CT molecular complexity index is 1190. The Labute approximate surface area is 210 Å². The number of benzene rings is 2. The molecule has 3 rings (SSSR count). The molecule has 0 saturated heterocycles. The van der Waals surface area contributed by atoms with Gasteiger partial charge in [-0.25, -0.2) is 13.4 Å². The Morgan fingerprint density at radius 1 is 1.00 bits per heavy atom. The van der Waals surface area contributed by atoms with E-state index in [9.17, 15) is 13.2 Å². The maximum absolute atomic E-state index is 13.2. The summed E-state index contributed by atoms with van der Waals surface area (Å²) in [6.45, 7) is 2.87. The van der Waals surface area contributed by atoms with Crippen LogP contribution >= 0.6 is 23.7 Å². The van der Waals surface area contributed by atoms with Gasteiger partial charge in [0.25, 0.3) is 0 Å². The molecule has 0 spiro atoms. The second kappa shape index (κ2) is 11.8. The smallest absolute Gasteiger partial charge is 0.229 e. The molecule has 0 aliphatic rings. The van der Waals surface area contributed by atoms with Crippen molar-refractivity contribution in [1.29, 1.82) is 0 Å². The predicted octanol–water partition coefficient (Wildman–Crippen LogP) is 3.80. The van der Waals surface area contributed by atoms with Crippen molar-refractivity contribution in [3.63, 3.8) is 0 Å². The number of aromatic nitrogens is 1. The van der Waals surface area contributed by atoms with E-state index in [2.05, 4.69) is 4.98 Å². The average Bonchev–Trinajstić information content (AvgIpc) is 3.22. The van der Waals surface area contributed by atoms with E-state index in [1.165, 1.54) is 11.3 Å². The molecule has 186 valence electrons. The minimum Gasteiger partial charge on any atom is -0.495 e. The maximum Gasteiger partial charge on any atom is 0.229 e. The van der Waals surface area contributed by atoms with Crippen molar-refractivity contribution in [3.8, 4) is 11.5 Å². The van der Waals surface area contributed by atoms with Crippen LogP contribution in [0.2, 0.25) is 0 Å². The predicted molar refractivity (Wildman–Crippen MR) is 139 cm³/mol. The molecule has 0 N–H and O–H groups in total. The molecule has 34 heavy (non-hydrogen) atoms. The number of anilines is 1. The van der Waals surface area contributed by atoms with E-state index in [1.54, 1.807) is 55.5 Å². The van der Waals surface area contributed by atoms with Crippen LogP contribution in [0.1, 0.15) is 12.0 Å². The molecule has 2 aromatic carbocycles. The van der Waals surface area contributed by atoms with Crippen molar-refractivity contribution < 1.29 is 22.7 Å². The Balaban J connectivity index is 0.00000408. The number of fused-ring (bicyclic) bond motifs is 1. The summed E-state index contributed by atoms with van der Waals surface area (Å²) in [7, 11) is 3.38. The van der Waals surface area contributed by atoms with Crippen molar-refractivity contribution >= 4 is 54.8 Å². The van der Waals surface area contributed by atoms with Gasteiger partial charge >= 0.3 is 0 Å². The molecule has 1 amide bonds. The number of hydrogen-bond donors (Lipinski definition) is 0. The second-order valence-corrected chi connectivity index (χ2v) is 11.0. The monoisotopic (exact) mass is 527 g/mol. The van der Waals surface area contributed by atoms with Crippen molar-refractivity contribution in [1.82, 2.24) is 9.88 Å².